The summed E-state index contributed by atoms with van der Waals surface area (Å²) in [6, 6.07) is 37.1. The highest BCUT2D eigenvalue weighted by Crippen LogP contribution is 2.46. The van der Waals surface area contributed by atoms with Crippen LogP contribution in [0.15, 0.2) is 109 Å². The Morgan fingerprint density at radius 1 is 0.308 bits per heavy atom. The molecule has 0 amide bonds. The van der Waals surface area contributed by atoms with Gasteiger partial charge in [0.1, 0.15) is 0 Å². The third-order valence-electron chi connectivity index (χ3n) is 4.33. The fraction of sp³-hybridized carbons (Fsp3) is 0. The van der Waals surface area contributed by atoms with E-state index in [1.54, 1.807) is 0 Å². The molecule has 0 fully saturated rings. The van der Waals surface area contributed by atoms with Crippen molar-refractivity contribution in [3.05, 3.63) is 120 Å². The van der Waals surface area contributed by atoms with Crippen molar-refractivity contribution >= 4 is 0 Å². The molecule has 0 nitrogen and oxygen atoms in total. The zero-order chi connectivity index (χ0) is 17.6. The Kier molecular flexibility index (Phi) is 4.63. The molecule has 1 aliphatic carbocycles. The van der Waals surface area contributed by atoms with Crippen LogP contribution >= 0.6 is 0 Å². The van der Waals surface area contributed by atoms with Crippen LogP contribution in [0.5, 0.6) is 0 Å². The van der Waals surface area contributed by atoms with Crippen molar-refractivity contribution in [2.45, 2.75) is 0 Å². The number of benzene rings is 4. The SMILES string of the molecule is C(#Cc1ccccc1)c1ccccc1.c1ccc2c(c1)-c1ccccc1-2. The topological polar surface area (TPSA) is 0 Å². The molecule has 0 saturated carbocycles. The van der Waals surface area contributed by atoms with Gasteiger partial charge < -0.3 is 0 Å². The second-order valence-corrected chi connectivity index (χ2v) is 6.07. The molecule has 4 aromatic carbocycles. The van der Waals surface area contributed by atoms with Gasteiger partial charge in [0, 0.05) is 11.1 Å². The molecule has 0 saturated heterocycles. The summed E-state index contributed by atoms with van der Waals surface area (Å²) in [7, 11) is 0. The fourth-order valence-corrected chi connectivity index (χ4v) is 3.03. The highest BCUT2D eigenvalue weighted by atomic mass is 14.2. The van der Waals surface area contributed by atoms with Gasteiger partial charge in [0.15, 0.2) is 0 Å². The summed E-state index contributed by atoms with van der Waals surface area (Å²) in [4.78, 5) is 0. The van der Waals surface area contributed by atoms with Gasteiger partial charge >= 0.3 is 0 Å². The summed E-state index contributed by atoms with van der Waals surface area (Å²) in [6.07, 6.45) is 0. The number of hydrogen-bond donors (Lipinski definition) is 0. The Morgan fingerprint density at radius 3 is 0.885 bits per heavy atom. The van der Waals surface area contributed by atoms with Gasteiger partial charge in [-0.05, 0) is 46.5 Å². The van der Waals surface area contributed by atoms with E-state index in [0.717, 1.165) is 11.1 Å². The monoisotopic (exact) mass is 330 g/mol. The minimum absolute atomic E-state index is 1.05. The summed E-state index contributed by atoms with van der Waals surface area (Å²) in [5.41, 5.74) is 7.69. The molecule has 5 rings (SSSR count). The fourth-order valence-electron chi connectivity index (χ4n) is 3.03. The first-order chi connectivity index (χ1) is 12.9. The van der Waals surface area contributed by atoms with Crippen molar-refractivity contribution in [1.82, 2.24) is 0 Å². The second-order valence-electron chi connectivity index (χ2n) is 6.07. The number of fused-ring (bicyclic) bond motifs is 4. The minimum Gasteiger partial charge on any atom is -0.0622 e. The lowest BCUT2D eigenvalue weighted by Gasteiger charge is -2.22. The molecule has 0 unspecified atom stereocenters. The average molecular weight is 330 g/mol. The van der Waals surface area contributed by atoms with Gasteiger partial charge in [-0.15, -0.1) is 0 Å². The predicted octanol–water partition coefficient (Wildman–Crippen LogP) is 6.42. The van der Waals surface area contributed by atoms with E-state index in [1.807, 2.05) is 60.7 Å². The van der Waals surface area contributed by atoms with Gasteiger partial charge in [-0.3, -0.25) is 0 Å². The van der Waals surface area contributed by atoms with E-state index in [2.05, 4.69) is 60.4 Å². The summed E-state index contributed by atoms with van der Waals surface area (Å²) in [5.74, 6) is 6.22. The third-order valence-corrected chi connectivity index (χ3v) is 4.33. The smallest absolute Gasteiger partial charge is 0.0249 e. The lowest BCUT2D eigenvalue weighted by atomic mass is 9.81. The lowest BCUT2D eigenvalue weighted by Crippen LogP contribution is -1.96. The minimum atomic E-state index is 1.05. The van der Waals surface area contributed by atoms with Gasteiger partial charge in [-0.1, -0.05) is 96.8 Å². The van der Waals surface area contributed by atoms with Crippen molar-refractivity contribution in [2.24, 2.45) is 0 Å². The van der Waals surface area contributed by atoms with Crippen LogP contribution in [0.25, 0.3) is 22.3 Å². The van der Waals surface area contributed by atoms with Gasteiger partial charge in [-0.2, -0.15) is 0 Å². The zero-order valence-corrected chi connectivity index (χ0v) is 14.4. The average Bonchev–Trinajstić information content (AvgIpc) is 2.72. The molecule has 122 valence electrons. The Morgan fingerprint density at radius 2 is 0.577 bits per heavy atom. The molecule has 0 heterocycles. The second kappa shape index (κ2) is 7.55. The van der Waals surface area contributed by atoms with E-state index in [0.29, 0.717) is 0 Å². The van der Waals surface area contributed by atoms with Crippen LogP contribution in [0.2, 0.25) is 0 Å². The normalized spacial score (nSPS) is 10.0. The maximum absolute atomic E-state index is 3.11. The molecule has 26 heavy (non-hydrogen) atoms. The molecular weight excluding hydrogens is 312 g/mol. The Labute approximate surface area is 154 Å². The number of rotatable bonds is 0. The molecule has 0 bridgehead atoms. The van der Waals surface area contributed by atoms with Crippen LogP contribution in [-0.2, 0) is 0 Å². The van der Waals surface area contributed by atoms with Crippen molar-refractivity contribution in [3.8, 4) is 34.1 Å². The molecule has 4 aromatic rings. The van der Waals surface area contributed by atoms with E-state index in [1.165, 1.54) is 22.3 Å². The van der Waals surface area contributed by atoms with E-state index in [4.69, 9.17) is 0 Å². The summed E-state index contributed by atoms with van der Waals surface area (Å²) in [6.45, 7) is 0. The zero-order valence-electron chi connectivity index (χ0n) is 14.4. The van der Waals surface area contributed by atoms with Crippen LogP contribution in [0.1, 0.15) is 11.1 Å². The highest BCUT2D eigenvalue weighted by molar-refractivity contribution is 6.02. The molecular formula is C26H18. The van der Waals surface area contributed by atoms with Gasteiger partial charge in [-0.25, -0.2) is 0 Å². The molecule has 0 radical (unpaired) electrons. The van der Waals surface area contributed by atoms with E-state index in [-0.39, 0.29) is 0 Å². The number of hydrogen-bond acceptors (Lipinski definition) is 0. The van der Waals surface area contributed by atoms with Crippen LogP contribution < -0.4 is 0 Å². The lowest BCUT2D eigenvalue weighted by molar-refractivity contribution is 1.52. The third kappa shape index (κ3) is 3.43. The summed E-state index contributed by atoms with van der Waals surface area (Å²) < 4.78 is 0. The molecule has 0 heteroatoms. The van der Waals surface area contributed by atoms with E-state index >= 15 is 0 Å². The first-order valence-electron chi connectivity index (χ1n) is 8.73. The summed E-state index contributed by atoms with van der Waals surface area (Å²) in [5, 5.41) is 0. The highest BCUT2D eigenvalue weighted by Gasteiger charge is 2.19. The van der Waals surface area contributed by atoms with E-state index < -0.39 is 0 Å². The van der Waals surface area contributed by atoms with Crippen molar-refractivity contribution < 1.29 is 0 Å². The van der Waals surface area contributed by atoms with E-state index in [9.17, 15) is 0 Å². The van der Waals surface area contributed by atoms with Crippen LogP contribution in [0.3, 0.4) is 0 Å². The largest absolute Gasteiger partial charge is 0.0622 e. The molecule has 0 aromatic heterocycles. The van der Waals surface area contributed by atoms with Crippen molar-refractivity contribution in [3.63, 3.8) is 0 Å². The Hall–Kier alpha value is -3.56. The quantitative estimate of drug-likeness (QED) is 0.287. The maximum Gasteiger partial charge on any atom is 0.0249 e. The maximum atomic E-state index is 3.11. The predicted molar refractivity (Wildman–Crippen MR) is 110 cm³/mol. The van der Waals surface area contributed by atoms with Crippen LogP contribution in [-0.4, -0.2) is 0 Å². The van der Waals surface area contributed by atoms with Gasteiger partial charge in [0.25, 0.3) is 0 Å². The first-order valence-corrected chi connectivity index (χ1v) is 8.73. The standard InChI is InChI=1S/C14H10.C12H8/c1-3-7-13(8-4-1)11-12-14-9-5-2-6-10-14;1-2-6-10-9(5-1)11-7-3-4-8-12(10)11/h1-10H;1-8H. The van der Waals surface area contributed by atoms with Crippen molar-refractivity contribution in [1.29, 1.82) is 0 Å². The molecule has 0 atom stereocenters. The Balaban J connectivity index is 0.000000130. The van der Waals surface area contributed by atoms with Crippen LogP contribution in [0, 0.1) is 11.8 Å². The molecule has 0 spiro atoms. The molecule has 0 aliphatic heterocycles. The van der Waals surface area contributed by atoms with Crippen molar-refractivity contribution in [2.75, 3.05) is 0 Å². The van der Waals surface area contributed by atoms with Gasteiger partial charge in [0.05, 0.1) is 0 Å². The first kappa shape index (κ1) is 15.9. The van der Waals surface area contributed by atoms with Gasteiger partial charge in [0.2, 0.25) is 0 Å². The molecule has 0 N–H and O–H groups in total. The Bertz CT molecular complexity index is 921. The molecule has 1 aliphatic rings. The summed E-state index contributed by atoms with van der Waals surface area (Å²) >= 11 is 0. The van der Waals surface area contributed by atoms with Crippen LogP contribution in [0.4, 0.5) is 0 Å².